The minimum absolute atomic E-state index is 0.0602. The maximum absolute atomic E-state index is 12.5. The molecule has 1 aromatic carbocycles. The summed E-state index contributed by atoms with van der Waals surface area (Å²) < 4.78 is 5.94. The van der Waals surface area contributed by atoms with Crippen molar-refractivity contribution in [3.8, 4) is 0 Å². The zero-order valence-corrected chi connectivity index (χ0v) is 12.5. The monoisotopic (exact) mass is 334 g/mol. The second kappa shape index (κ2) is 5.32. The molecular formula is C15H15BrN2O2. The minimum Gasteiger partial charge on any atom is -0.444 e. The van der Waals surface area contributed by atoms with E-state index in [1.54, 1.807) is 12.1 Å². The largest absolute Gasteiger partial charge is 0.444 e. The smallest absolute Gasteiger partial charge is 0.290 e. The van der Waals surface area contributed by atoms with Crippen LogP contribution in [0.3, 0.4) is 0 Å². The summed E-state index contributed by atoms with van der Waals surface area (Å²) in [6.45, 7) is 0.585. The topological polar surface area (TPSA) is 59.5 Å². The lowest BCUT2D eigenvalue weighted by Gasteiger charge is -2.21. The first-order chi connectivity index (χ1) is 9.63. The lowest BCUT2D eigenvalue weighted by molar-refractivity contribution is 0.0696. The Morgan fingerprint density at radius 3 is 2.50 bits per heavy atom. The third-order valence-corrected chi connectivity index (χ3v) is 3.79. The number of hydrogen-bond acceptors (Lipinski definition) is 3. The predicted molar refractivity (Wildman–Crippen MR) is 80.2 cm³/mol. The maximum atomic E-state index is 12.5. The first-order valence-corrected chi connectivity index (χ1v) is 7.33. The Balaban J connectivity index is 1.79. The number of benzene rings is 1. The van der Waals surface area contributed by atoms with Crippen LogP contribution in [0.2, 0.25) is 0 Å². The average molecular weight is 335 g/mol. The molecule has 0 radical (unpaired) electrons. The van der Waals surface area contributed by atoms with Gasteiger partial charge in [0.05, 0.1) is 0 Å². The number of carbonyl (C=O) groups is 1. The lowest BCUT2D eigenvalue weighted by Crippen LogP contribution is -2.32. The van der Waals surface area contributed by atoms with E-state index in [9.17, 15) is 4.79 Å². The summed E-state index contributed by atoms with van der Waals surface area (Å²) >= 11 is 3.23. The van der Waals surface area contributed by atoms with Crippen molar-refractivity contribution in [2.45, 2.75) is 25.4 Å². The molecule has 0 aliphatic heterocycles. The van der Waals surface area contributed by atoms with Gasteiger partial charge in [0.1, 0.15) is 0 Å². The maximum Gasteiger partial charge on any atom is 0.290 e. The number of rotatable bonds is 4. The van der Waals surface area contributed by atoms with Gasteiger partial charge in [0.15, 0.2) is 10.4 Å². The Kier molecular flexibility index (Phi) is 3.53. The predicted octanol–water partition coefficient (Wildman–Crippen LogP) is 3.43. The highest BCUT2D eigenvalue weighted by molar-refractivity contribution is 9.10. The molecule has 1 aromatic heterocycles. The molecule has 0 atom stereocenters. The fraction of sp³-hybridized carbons (Fsp3) is 0.267. The lowest BCUT2D eigenvalue weighted by atomic mass is 10.2. The standard InChI is InChI=1S/C15H15BrN2O2/c16-14-8-7-13(20-14)15(19)18(12-5-6-12)9-10-1-3-11(17)4-2-10/h1-4,7-8,12H,5-6,9,17H2. The fourth-order valence-electron chi connectivity index (χ4n) is 2.14. The van der Waals surface area contributed by atoms with Gasteiger partial charge >= 0.3 is 0 Å². The summed E-state index contributed by atoms with van der Waals surface area (Å²) in [6, 6.07) is 11.4. The van der Waals surface area contributed by atoms with Crippen molar-refractivity contribution >= 4 is 27.5 Å². The van der Waals surface area contributed by atoms with E-state index in [0.717, 1.165) is 24.1 Å². The van der Waals surface area contributed by atoms with Crippen molar-refractivity contribution in [2.75, 3.05) is 5.73 Å². The summed E-state index contributed by atoms with van der Waals surface area (Å²) in [5.74, 6) is 0.314. The Labute approximate surface area is 125 Å². The van der Waals surface area contributed by atoms with Crippen molar-refractivity contribution in [3.05, 3.63) is 52.4 Å². The Morgan fingerprint density at radius 1 is 1.25 bits per heavy atom. The number of anilines is 1. The molecule has 3 rings (SSSR count). The molecular weight excluding hydrogens is 320 g/mol. The number of nitrogen functional groups attached to an aromatic ring is 1. The fourth-order valence-corrected chi connectivity index (χ4v) is 2.45. The van der Waals surface area contributed by atoms with E-state index < -0.39 is 0 Å². The number of furan rings is 1. The summed E-state index contributed by atoms with van der Waals surface area (Å²) in [5, 5.41) is 0. The molecule has 20 heavy (non-hydrogen) atoms. The molecule has 1 aliphatic rings. The van der Waals surface area contributed by atoms with Gasteiger partial charge in [-0.05, 0) is 58.6 Å². The normalized spacial score (nSPS) is 14.2. The van der Waals surface area contributed by atoms with Crippen molar-refractivity contribution in [1.82, 2.24) is 4.90 Å². The van der Waals surface area contributed by atoms with Crippen molar-refractivity contribution in [1.29, 1.82) is 0 Å². The van der Waals surface area contributed by atoms with Gasteiger partial charge in [0.2, 0.25) is 0 Å². The van der Waals surface area contributed by atoms with Crippen LogP contribution in [0.4, 0.5) is 5.69 Å². The molecule has 2 aromatic rings. The van der Waals surface area contributed by atoms with Crippen LogP contribution in [-0.4, -0.2) is 16.8 Å². The molecule has 104 valence electrons. The molecule has 2 N–H and O–H groups in total. The van der Waals surface area contributed by atoms with Crippen LogP contribution < -0.4 is 5.73 Å². The molecule has 4 nitrogen and oxygen atoms in total. The summed E-state index contributed by atoms with van der Waals surface area (Å²) in [7, 11) is 0. The van der Waals surface area contributed by atoms with Crippen LogP contribution in [-0.2, 0) is 6.54 Å². The van der Waals surface area contributed by atoms with E-state index in [2.05, 4.69) is 15.9 Å². The molecule has 1 heterocycles. The van der Waals surface area contributed by atoms with E-state index in [1.165, 1.54) is 0 Å². The zero-order chi connectivity index (χ0) is 14.1. The van der Waals surface area contributed by atoms with E-state index in [4.69, 9.17) is 10.2 Å². The molecule has 0 unspecified atom stereocenters. The van der Waals surface area contributed by atoms with Gasteiger partial charge in [0, 0.05) is 18.3 Å². The van der Waals surface area contributed by atoms with Crippen LogP contribution in [0.25, 0.3) is 0 Å². The number of carbonyl (C=O) groups excluding carboxylic acids is 1. The molecule has 1 amide bonds. The number of nitrogens with zero attached hydrogens (tertiary/aromatic N) is 1. The van der Waals surface area contributed by atoms with E-state index in [0.29, 0.717) is 23.0 Å². The highest BCUT2D eigenvalue weighted by Gasteiger charge is 2.34. The third-order valence-electron chi connectivity index (χ3n) is 3.37. The number of amides is 1. The average Bonchev–Trinajstić information content (AvgIpc) is 3.19. The quantitative estimate of drug-likeness (QED) is 0.871. The summed E-state index contributed by atoms with van der Waals surface area (Å²) in [4.78, 5) is 14.4. The molecule has 1 saturated carbocycles. The second-order valence-electron chi connectivity index (χ2n) is 5.01. The van der Waals surface area contributed by atoms with Gasteiger partial charge in [-0.25, -0.2) is 0 Å². The van der Waals surface area contributed by atoms with Gasteiger partial charge in [-0.15, -0.1) is 0 Å². The van der Waals surface area contributed by atoms with Gasteiger partial charge in [-0.1, -0.05) is 12.1 Å². The van der Waals surface area contributed by atoms with Crippen molar-refractivity contribution < 1.29 is 9.21 Å². The number of nitrogens with two attached hydrogens (primary N) is 1. The Morgan fingerprint density at radius 2 is 1.95 bits per heavy atom. The Hall–Kier alpha value is -1.75. The first kappa shape index (κ1) is 13.2. The summed E-state index contributed by atoms with van der Waals surface area (Å²) in [6.07, 6.45) is 2.12. The van der Waals surface area contributed by atoms with Gasteiger partial charge in [0.25, 0.3) is 5.91 Å². The van der Waals surface area contributed by atoms with E-state index in [1.807, 2.05) is 29.2 Å². The van der Waals surface area contributed by atoms with E-state index >= 15 is 0 Å². The number of halogens is 1. The van der Waals surface area contributed by atoms with Crippen LogP contribution in [0.15, 0.2) is 45.5 Å². The molecule has 0 bridgehead atoms. The molecule has 1 aliphatic carbocycles. The van der Waals surface area contributed by atoms with Gasteiger partial charge < -0.3 is 15.1 Å². The highest BCUT2D eigenvalue weighted by atomic mass is 79.9. The van der Waals surface area contributed by atoms with Crippen LogP contribution in [0.5, 0.6) is 0 Å². The minimum atomic E-state index is -0.0602. The Bertz CT molecular complexity index is 617. The third kappa shape index (κ3) is 2.88. The van der Waals surface area contributed by atoms with Gasteiger partial charge in [-0.2, -0.15) is 0 Å². The highest BCUT2D eigenvalue weighted by Crippen LogP contribution is 2.30. The van der Waals surface area contributed by atoms with Crippen LogP contribution in [0.1, 0.15) is 29.0 Å². The molecule has 5 heteroatoms. The number of hydrogen-bond donors (Lipinski definition) is 1. The SMILES string of the molecule is Nc1ccc(CN(C(=O)c2ccc(Br)o2)C2CC2)cc1. The molecule has 0 saturated heterocycles. The molecule has 0 spiro atoms. The van der Waals surface area contributed by atoms with E-state index in [-0.39, 0.29) is 5.91 Å². The second-order valence-corrected chi connectivity index (χ2v) is 5.79. The zero-order valence-electron chi connectivity index (χ0n) is 10.9. The first-order valence-electron chi connectivity index (χ1n) is 6.54. The van der Waals surface area contributed by atoms with Gasteiger partial charge in [-0.3, -0.25) is 4.79 Å². The summed E-state index contributed by atoms with van der Waals surface area (Å²) in [5.41, 5.74) is 7.49. The van der Waals surface area contributed by atoms with Crippen molar-refractivity contribution in [3.63, 3.8) is 0 Å². The van der Waals surface area contributed by atoms with Crippen LogP contribution in [0, 0.1) is 0 Å². The van der Waals surface area contributed by atoms with Crippen molar-refractivity contribution in [2.24, 2.45) is 0 Å². The molecule has 1 fully saturated rings. The van der Waals surface area contributed by atoms with Crippen LogP contribution >= 0.6 is 15.9 Å².